The van der Waals surface area contributed by atoms with E-state index in [1.54, 1.807) is 0 Å². The second-order valence-corrected chi connectivity index (χ2v) is 3.49. The third-order valence-electron chi connectivity index (χ3n) is 2.58. The van der Waals surface area contributed by atoms with Crippen molar-refractivity contribution in [1.82, 2.24) is 5.43 Å². The fourth-order valence-electron chi connectivity index (χ4n) is 1.75. The minimum absolute atomic E-state index is 0.371. The summed E-state index contributed by atoms with van der Waals surface area (Å²) >= 11 is 0. The molecule has 0 bridgehead atoms. The minimum Gasteiger partial charge on any atom is -0.381 e. The van der Waals surface area contributed by atoms with Crippen LogP contribution in [0.3, 0.4) is 0 Å². The number of terminal acetylenes is 1. The monoisotopic (exact) mass is 182 g/mol. The quantitative estimate of drug-likeness (QED) is 0.284. The third kappa shape index (κ3) is 3.35. The Kier molecular flexibility index (Phi) is 4.84. The van der Waals surface area contributed by atoms with Crippen LogP contribution in [0.15, 0.2) is 0 Å². The van der Waals surface area contributed by atoms with Gasteiger partial charge in [-0.3, -0.25) is 11.3 Å². The average molecular weight is 182 g/mol. The molecule has 1 heterocycles. The molecular formula is C10H18N2O. The lowest BCUT2D eigenvalue weighted by atomic mass is 9.95. The van der Waals surface area contributed by atoms with Gasteiger partial charge in [-0.2, -0.15) is 0 Å². The molecule has 3 heteroatoms. The van der Waals surface area contributed by atoms with E-state index in [1.807, 2.05) is 0 Å². The number of nitrogens with one attached hydrogen (secondary N) is 1. The van der Waals surface area contributed by atoms with Gasteiger partial charge in [0.1, 0.15) is 0 Å². The normalized spacial score (nSPS) is 24.2. The van der Waals surface area contributed by atoms with Gasteiger partial charge in [-0.15, -0.1) is 12.3 Å². The Morgan fingerprint density at radius 3 is 3.08 bits per heavy atom. The second kappa shape index (κ2) is 5.98. The van der Waals surface area contributed by atoms with Crippen LogP contribution in [0, 0.1) is 18.3 Å². The first-order chi connectivity index (χ1) is 6.38. The second-order valence-electron chi connectivity index (χ2n) is 3.49. The molecule has 1 rings (SSSR count). The van der Waals surface area contributed by atoms with Crippen LogP contribution in [0.2, 0.25) is 0 Å². The van der Waals surface area contributed by atoms with E-state index >= 15 is 0 Å². The molecule has 0 spiro atoms. The molecule has 2 unspecified atom stereocenters. The van der Waals surface area contributed by atoms with E-state index in [4.69, 9.17) is 17.0 Å². The molecule has 0 aromatic heterocycles. The first-order valence-electron chi connectivity index (χ1n) is 4.86. The number of hydrogen-bond donors (Lipinski definition) is 2. The molecule has 1 aliphatic heterocycles. The van der Waals surface area contributed by atoms with E-state index in [1.165, 1.54) is 0 Å². The Bertz CT molecular complexity index is 170. The predicted molar refractivity (Wildman–Crippen MR) is 52.7 cm³/mol. The highest BCUT2D eigenvalue weighted by Crippen LogP contribution is 2.19. The lowest BCUT2D eigenvalue weighted by Crippen LogP contribution is -2.41. The van der Waals surface area contributed by atoms with Gasteiger partial charge in [0, 0.05) is 25.0 Å². The highest BCUT2D eigenvalue weighted by Gasteiger charge is 2.24. The molecule has 1 fully saturated rings. The van der Waals surface area contributed by atoms with Crippen LogP contribution in [0.25, 0.3) is 0 Å². The number of nitrogens with two attached hydrogens (primary N) is 1. The molecule has 0 saturated carbocycles. The van der Waals surface area contributed by atoms with Crippen LogP contribution >= 0.6 is 0 Å². The lowest BCUT2D eigenvalue weighted by Gasteiger charge is -2.20. The van der Waals surface area contributed by atoms with E-state index in [2.05, 4.69) is 11.3 Å². The first kappa shape index (κ1) is 10.5. The molecular weight excluding hydrogens is 164 g/mol. The molecule has 0 aromatic rings. The Morgan fingerprint density at radius 2 is 2.54 bits per heavy atom. The predicted octanol–water partition coefficient (Wildman–Crippen LogP) is 0.658. The van der Waals surface area contributed by atoms with Crippen LogP contribution < -0.4 is 11.3 Å². The number of hydrogen-bond acceptors (Lipinski definition) is 3. The van der Waals surface area contributed by atoms with Crippen molar-refractivity contribution in [1.29, 1.82) is 0 Å². The Hall–Kier alpha value is -0.560. The zero-order valence-electron chi connectivity index (χ0n) is 7.96. The maximum atomic E-state index is 5.48. The molecule has 0 amide bonds. The first-order valence-corrected chi connectivity index (χ1v) is 4.86. The van der Waals surface area contributed by atoms with E-state index in [0.717, 1.165) is 38.9 Å². The van der Waals surface area contributed by atoms with Crippen molar-refractivity contribution in [3.8, 4) is 12.3 Å². The van der Waals surface area contributed by atoms with E-state index in [9.17, 15) is 0 Å². The van der Waals surface area contributed by atoms with Gasteiger partial charge in [0.2, 0.25) is 0 Å². The van der Waals surface area contributed by atoms with Crippen LogP contribution in [-0.4, -0.2) is 19.3 Å². The molecule has 0 aliphatic carbocycles. The molecule has 0 aromatic carbocycles. The molecule has 74 valence electrons. The van der Waals surface area contributed by atoms with Gasteiger partial charge in [0.15, 0.2) is 0 Å². The van der Waals surface area contributed by atoms with Crippen LogP contribution in [-0.2, 0) is 4.74 Å². The highest BCUT2D eigenvalue weighted by atomic mass is 16.5. The van der Waals surface area contributed by atoms with Crippen molar-refractivity contribution in [2.45, 2.75) is 31.7 Å². The Morgan fingerprint density at radius 1 is 1.69 bits per heavy atom. The third-order valence-corrected chi connectivity index (χ3v) is 2.58. The zero-order chi connectivity index (χ0) is 9.52. The van der Waals surface area contributed by atoms with Crippen LogP contribution in [0.1, 0.15) is 25.7 Å². The summed E-state index contributed by atoms with van der Waals surface area (Å²) < 4.78 is 5.31. The van der Waals surface area contributed by atoms with Gasteiger partial charge < -0.3 is 4.74 Å². The number of ether oxygens (including phenoxy) is 1. The van der Waals surface area contributed by atoms with Crippen molar-refractivity contribution in [3.63, 3.8) is 0 Å². The summed E-state index contributed by atoms with van der Waals surface area (Å²) in [7, 11) is 0. The van der Waals surface area contributed by atoms with Gasteiger partial charge in [0.25, 0.3) is 0 Å². The number of hydrazine groups is 1. The maximum absolute atomic E-state index is 5.48. The SMILES string of the molecule is C#CCCCC(NN)C1CCOC1. The molecule has 1 aliphatic rings. The smallest absolute Gasteiger partial charge is 0.0510 e. The topological polar surface area (TPSA) is 47.3 Å². The molecule has 13 heavy (non-hydrogen) atoms. The van der Waals surface area contributed by atoms with Gasteiger partial charge in [-0.25, -0.2) is 0 Å². The highest BCUT2D eigenvalue weighted by molar-refractivity contribution is 4.85. The number of unbranched alkanes of at least 4 members (excludes halogenated alkanes) is 1. The van der Waals surface area contributed by atoms with Gasteiger partial charge >= 0.3 is 0 Å². The molecule has 3 N–H and O–H groups in total. The average Bonchev–Trinajstić information content (AvgIpc) is 2.65. The summed E-state index contributed by atoms with van der Waals surface area (Å²) in [5, 5.41) is 0. The summed E-state index contributed by atoms with van der Waals surface area (Å²) in [5.74, 6) is 8.69. The summed E-state index contributed by atoms with van der Waals surface area (Å²) in [5.41, 5.74) is 2.85. The number of rotatable bonds is 5. The van der Waals surface area contributed by atoms with Crippen molar-refractivity contribution in [3.05, 3.63) is 0 Å². The molecule has 2 atom stereocenters. The molecule has 3 nitrogen and oxygen atoms in total. The van der Waals surface area contributed by atoms with Gasteiger partial charge in [-0.05, 0) is 19.3 Å². The van der Waals surface area contributed by atoms with Crippen molar-refractivity contribution in [2.24, 2.45) is 11.8 Å². The molecule has 1 saturated heterocycles. The lowest BCUT2D eigenvalue weighted by molar-refractivity contribution is 0.175. The van der Waals surface area contributed by atoms with Crippen molar-refractivity contribution in [2.75, 3.05) is 13.2 Å². The summed E-state index contributed by atoms with van der Waals surface area (Å²) in [6.45, 7) is 1.71. The zero-order valence-corrected chi connectivity index (χ0v) is 7.96. The Labute approximate surface area is 80.0 Å². The molecule has 0 radical (unpaired) electrons. The summed E-state index contributed by atoms with van der Waals surface area (Å²) in [6, 6.07) is 0.371. The van der Waals surface area contributed by atoms with Gasteiger partial charge in [0.05, 0.1) is 6.61 Å². The maximum Gasteiger partial charge on any atom is 0.0510 e. The van der Waals surface area contributed by atoms with E-state index in [0.29, 0.717) is 12.0 Å². The van der Waals surface area contributed by atoms with Gasteiger partial charge in [-0.1, -0.05) is 0 Å². The fourth-order valence-corrected chi connectivity index (χ4v) is 1.75. The van der Waals surface area contributed by atoms with E-state index in [-0.39, 0.29) is 0 Å². The minimum atomic E-state index is 0.371. The van der Waals surface area contributed by atoms with Crippen molar-refractivity contribution < 1.29 is 4.74 Å². The van der Waals surface area contributed by atoms with Crippen molar-refractivity contribution >= 4 is 0 Å². The largest absolute Gasteiger partial charge is 0.381 e. The van der Waals surface area contributed by atoms with E-state index < -0.39 is 0 Å². The van der Waals surface area contributed by atoms with Crippen LogP contribution in [0.4, 0.5) is 0 Å². The summed E-state index contributed by atoms with van der Waals surface area (Å²) in [4.78, 5) is 0. The Balaban J connectivity index is 2.21. The summed E-state index contributed by atoms with van der Waals surface area (Å²) in [6.07, 6.45) is 9.23. The fraction of sp³-hybridized carbons (Fsp3) is 0.800. The standard InChI is InChI=1S/C10H18N2O/c1-2-3-4-5-10(12-11)9-6-7-13-8-9/h1,9-10,12H,3-8,11H2. The van der Waals surface area contributed by atoms with Crippen LogP contribution in [0.5, 0.6) is 0 Å².